The fourth-order valence-electron chi connectivity index (χ4n) is 6.63. The Morgan fingerprint density at radius 1 is 0.982 bits per heavy atom. The summed E-state index contributed by atoms with van der Waals surface area (Å²) in [5.74, 6) is 5.70. The number of aromatic nitrogens is 3. The predicted octanol–water partition coefficient (Wildman–Crippen LogP) is 6.12. The highest BCUT2D eigenvalue weighted by molar-refractivity contribution is 6.05. The minimum Gasteiger partial charge on any atom is -0.443 e. The van der Waals surface area contributed by atoms with Crippen molar-refractivity contribution in [1.82, 2.24) is 29.2 Å². The average Bonchev–Trinajstić information content (AvgIpc) is 3.48. The number of piperazine rings is 1. The van der Waals surface area contributed by atoms with Crippen LogP contribution < -0.4 is 16.4 Å². The van der Waals surface area contributed by atoms with Crippen LogP contribution in [0.3, 0.4) is 0 Å². The summed E-state index contributed by atoms with van der Waals surface area (Å²) in [5.41, 5.74) is 9.37. The van der Waals surface area contributed by atoms with Gasteiger partial charge in [-0.2, -0.15) is 0 Å². The number of alkyl halides is 2. The number of nitrogens with zero attached hydrogens (tertiary/aromatic N) is 6. The van der Waals surface area contributed by atoms with E-state index in [1.54, 1.807) is 70.3 Å². The van der Waals surface area contributed by atoms with Gasteiger partial charge in [0.05, 0.1) is 16.8 Å². The number of ether oxygens (including phenoxy) is 1. The molecule has 6 rings (SSSR count). The van der Waals surface area contributed by atoms with Crippen LogP contribution in [0, 0.1) is 11.8 Å². The molecule has 1 saturated heterocycles. The molecule has 2 aliphatic heterocycles. The Labute approximate surface area is 318 Å². The predicted molar refractivity (Wildman–Crippen MR) is 206 cm³/mol. The maximum Gasteiger partial charge on any atom is 0.417 e. The first-order valence-corrected chi connectivity index (χ1v) is 18.1. The van der Waals surface area contributed by atoms with Gasteiger partial charge in [-0.25, -0.2) is 33.2 Å². The zero-order valence-electron chi connectivity index (χ0n) is 31.6. The SMILES string of the molecule is CCN1CCN(Cc2ccc(NC(=O)Nc3cccc(C#Cc4cnc(N)nc4-c4cc5c(n4C)CCN(C(=O)OC(C)(C)C)C5=O)c3)cc2C(F)F)CC1. The lowest BCUT2D eigenvalue weighted by atomic mass is 10.1. The Balaban J connectivity index is 1.15. The molecule has 0 unspecified atom stereocenters. The summed E-state index contributed by atoms with van der Waals surface area (Å²) in [5, 5.41) is 5.41. The van der Waals surface area contributed by atoms with Crippen LogP contribution in [0.2, 0.25) is 0 Å². The number of anilines is 3. The number of fused-ring (bicyclic) bond motifs is 1. The maximum atomic E-state index is 14.1. The molecule has 55 heavy (non-hydrogen) atoms. The largest absolute Gasteiger partial charge is 0.443 e. The number of carbonyl (C=O) groups excluding carboxylic acids is 3. The van der Waals surface area contributed by atoms with Crippen molar-refractivity contribution in [1.29, 1.82) is 0 Å². The van der Waals surface area contributed by atoms with Gasteiger partial charge in [-0.15, -0.1) is 0 Å². The fourth-order valence-corrected chi connectivity index (χ4v) is 6.63. The van der Waals surface area contributed by atoms with Gasteiger partial charge in [0.15, 0.2) is 0 Å². The molecule has 288 valence electrons. The Kier molecular flexibility index (Phi) is 11.5. The number of nitrogens with one attached hydrogen (secondary N) is 2. The van der Waals surface area contributed by atoms with Crippen LogP contribution in [0.25, 0.3) is 11.4 Å². The number of urea groups is 1. The van der Waals surface area contributed by atoms with Crippen molar-refractivity contribution in [2.45, 2.75) is 52.7 Å². The van der Waals surface area contributed by atoms with Crippen LogP contribution in [0.15, 0.2) is 54.7 Å². The molecule has 13 nitrogen and oxygen atoms in total. The number of halogens is 2. The van der Waals surface area contributed by atoms with Crippen LogP contribution in [0.1, 0.15) is 72.4 Å². The van der Waals surface area contributed by atoms with E-state index in [0.29, 0.717) is 52.3 Å². The minimum absolute atomic E-state index is 0.0133. The van der Waals surface area contributed by atoms with Crippen molar-refractivity contribution < 1.29 is 27.9 Å². The van der Waals surface area contributed by atoms with Crippen molar-refractivity contribution in [2.75, 3.05) is 55.6 Å². The van der Waals surface area contributed by atoms with Crippen molar-refractivity contribution in [3.8, 4) is 23.2 Å². The molecule has 0 aliphatic carbocycles. The Bertz CT molecular complexity index is 2160. The lowest BCUT2D eigenvalue weighted by Gasteiger charge is -2.34. The highest BCUT2D eigenvalue weighted by atomic mass is 19.3. The molecule has 0 bridgehead atoms. The van der Waals surface area contributed by atoms with Crippen LogP contribution in [-0.2, 0) is 24.8 Å². The third-order valence-corrected chi connectivity index (χ3v) is 9.48. The van der Waals surface area contributed by atoms with Crippen LogP contribution in [0.4, 0.5) is 35.7 Å². The number of likely N-dealkylation sites (N-methyl/N-ethyl adjacent to an activating group) is 1. The fraction of sp³-hybridized carbons (Fsp3) is 0.375. The van der Waals surface area contributed by atoms with Gasteiger partial charge in [-0.05, 0) is 69.3 Å². The monoisotopic (exact) mass is 753 g/mol. The van der Waals surface area contributed by atoms with Gasteiger partial charge in [-0.3, -0.25) is 9.69 Å². The Morgan fingerprint density at radius 2 is 1.69 bits per heavy atom. The van der Waals surface area contributed by atoms with Gasteiger partial charge >= 0.3 is 12.1 Å². The van der Waals surface area contributed by atoms with Crippen LogP contribution in [0.5, 0.6) is 0 Å². The Hall–Kier alpha value is -5.85. The van der Waals surface area contributed by atoms with E-state index >= 15 is 0 Å². The summed E-state index contributed by atoms with van der Waals surface area (Å²) in [6.45, 7) is 12.3. The average molecular weight is 754 g/mol. The third-order valence-electron chi connectivity index (χ3n) is 9.48. The molecular weight excluding hydrogens is 708 g/mol. The van der Waals surface area contributed by atoms with Crippen LogP contribution in [-0.4, -0.2) is 92.1 Å². The van der Waals surface area contributed by atoms with E-state index in [2.05, 4.69) is 49.2 Å². The second kappa shape index (κ2) is 16.3. The van der Waals surface area contributed by atoms with Gasteiger partial charge in [0.25, 0.3) is 12.3 Å². The van der Waals surface area contributed by atoms with Gasteiger partial charge in [0.1, 0.15) is 11.3 Å². The summed E-state index contributed by atoms with van der Waals surface area (Å²) < 4.78 is 35.5. The molecule has 0 atom stereocenters. The number of benzene rings is 2. The number of imide groups is 1. The molecule has 4 heterocycles. The number of amides is 4. The first-order chi connectivity index (χ1) is 26.2. The standard InChI is InChI=1S/C40H45F2N9O4/c1-6-49-16-18-50(19-17-49)24-27-12-13-29(21-30(27)35(41)42)46-38(53)45-28-9-7-8-25(20-28)10-11-26-23-44-37(43)47-34(26)33-22-31-32(48(33)5)14-15-51(36(31)52)39(54)55-40(2,3)4/h7-9,12-13,20-23,35H,6,14-19,24H2,1-5H3,(H2,43,44,47)(H2,45,46,53). The number of nitrogens with two attached hydrogens (primary N) is 1. The highest BCUT2D eigenvalue weighted by Crippen LogP contribution is 2.31. The molecule has 1 fully saturated rings. The van der Waals surface area contributed by atoms with E-state index in [1.165, 1.54) is 12.3 Å². The van der Waals surface area contributed by atoms with Gasteiger partial charge in [-0.1, -0.05) is 30.9 Å². The molecule has 15 heteroatoms. The maximum absolute atomic E-state index is 14.1. The second-order valence-electron chi connectivity index (χ2n) is 14.5. The summed E-state index contributed by atoms with van der Waals surface area (Å²) in [6.07, 6.45) is -1.49. The van der Waals surface area contributed by atoms with Gasteiger partial charge in [0.2, 0.25) is 5.95 Å². The molecule has 4 amide bonds. The number of rotatable bonds is 7. The number of hydrogen-bond donors (Lipinski definition) is 3. The van der Waals surface area contributed by atoms with E-state index in [-0.39, 0.29) is 23.7 Å². The lowest BCUT2D eigenvalue weighted by molar-refractivity contribution is 0.0232. The number of nitrogen functional groups attached to an aromatic ring is 1. The molecule has 2 aromatic carbocycles. The molecule has 2 aromatic heterocycles. The van der Waals surface area contributed by atoms with E-state index < -0.39 is 30.1 Å². The van der Waals surface area contributed by atoms with Gasteiger partial charge < -0.3 is 30.6 Å². The quantitative estimate of drug-likeness (QED) is 0.190. The molecule has 4 N–H and O–H groups in total. The van der Waals surface area contributed by atoms with Crippen molar-refractivity contribution in [3.63, 3.8) is 0 Å². The van der Waals surface area contributed by atoms with E-state index in [0.717, 1.165) is 43.3 Å². The summed E-state index contributed by atoms with van der Waals surface area (Å²) >= 11 is 0. The summed E-state index contributed by atoms with van der Waals surface area (Å²) in [6, 6.07) is 12.5. The normalized spacial score (nSPS) is 15.0. The first-order valence-electron chi connectivity index (χ1n) is 18.1. The lowest BCUT2D eigenvalue weighted by Crippen LogP contribution is -2.45. The second-order valence-corrected chi connectivity index (χ2v) is 14.5. The molecule has 0 radical (unpaired) electrons. The molecular formula is C40H45F2N9O4. The topological polar surface area (TPSA) is 151 Å². The van der Waals surface area contributed by atoms with Crippen LogP contribution >= 0.6 is 0 Å². The van der Waals surface area contributed by atoms with E-state index in [4.69, 9.17) is 10.5 Å². The van der Waals surface area contributed by atoms with Crippen molar-refractivity contribution in [2.24, 2.45) is 7.05 Å². The molecule has 2 aliphatic rings. The zero-order valence-corrected chi connectivity index (χ0v) is 31.6. The van der Waals surface area contributed by atoms with E-state index in [9.17, 15) is 23.2 Å². The summed E-state index contributed by atoms with van der Waals surface area (Å²) in [7, 11) is 1.80. The summed E-state index contributed by atoms with van der Waals surface area (Å²) in [4.78, 5) is 53.3. The van der Waals surface area contributed by atoms with Crippen molar-refractivity contribution >= 4 is 35.4 Å². The minimum atomic E-state index is -2.69. The molecule has 0 spiro atoms. The van der Waals surface area contributed by atoms with Crippen molar-refractivity contribution in [3.05, 3.63) is 88.2 Å². The highest BCUT2D eigenvalue weighted by Gasteiger charge is 2.35. The molecule has 0 saturated carbocycles. The zero-order chi connectivity index (χ0) is 39.4. The number of carbonyl (C=O) groups is 3. The number of hydrogen-bond acceptors (Lipinski definition) is 9. The first kappa shape index (κ1) is 38.9. The van der Waals surface area contributed by atoms with Gasteiger partial charge in [0, 0.05) is 87.1 Å². The Morgan fingerprint density at radius 3 is 2.38 bits per heavy atom. The smallest absolute Gasteiger partial charge is 0.417 e. The van der Waals surface area contributed by atoms with E-state index in [1.807, 2.05) is 4.57 Å². The molecule has 4 aromatic rings. The third kappa shape index (κ3) is 9.28.